The molecular formula is C10H16FN3O. The van der Waals surface area contributed by atoms with Crippen LogP contribution in [0.3, 0.4) is 0 Å². The van der Waals surface area contributed by atoms with Gasteiger partial charge in [0.15, 0.2) is 11.6 Å². The number of nitrogens with zero attached hydrogens (tertiary/aromatic N) is 2. The quantitative estimate of drug-likeness (QED) is 0.830. The van der Waals surface area contributed by atoms with Gasteiger partial charge in [-0.25, -0.2) is 9.07 Å². The van der Waals surface area contributed by atoms with Crippen LogP contribution < -0.4 is 5.32 Å². The number of hydrogen-bond acceptors (Lipinski definition) is 2. The zero-order valence-electron chi connectivity index (χ0n) is 9.25. The topological polar surface area (TPSA) is 46.9 Å². The van der Waals surface area contributed by atoms with Crippen molar-refractivity contribution >= 4 is 11.7 Å². The molecule has 1 aromatic rings. The van der Waals surface area contributed by atoms with Gasteiger partial charge >= 0.3 is 0 Å². The van der Waals surface area contributed by atoms with Crippen LogP contribution in [0.1, 0.15) is 26.7 Å². The molecule has 0 saturated heterocycles. The minimum absolute atomic E-state index is 0.128. The fourth-order valence-electron chi connectivity index (χ4n) is 1.17. The molecule has 5 heteroatoms. The van der Waals surface area contributed by atoms with E-state index >= 15 is 0 Å². The van der Waals surface area contributed by atoms with Crippen LogP contribution in [-0.4, -0.2) is 15.7 Å². The minimum Gasteiger partial charge on any atom is -0.308 e. The highest BCUT2D eigenvalue weighted by molar-refractivity contribution is 5.89. The predicted octanol–water partition coefficient (Wildman–Crippen LogP) is 1.93. The maximum atomic E-state index is 13.1. The maximum absolute atomic E-state index is 13.1. The number of amides is 1. The van der Waals surface area contributed by atoms with Crippen molar-refractivity contribution in [1.29, 1.82) is 0 Å². The molecule has 0 atom stereocenters. The molecule has 0 aromatic carbocycles. The minimum atomic E-state index is -0.504. The molecule has 1 rings (SSSR count). The Bertz CT molecular complexity index is 327. The summed E-state index contributed by atoms with van der Waals surface area (Å²) in [7, 11) is 1.58. The van der Waals surface area contributed by atoms with Crippen LogP contribution in [0.4, 0.5) is 10.2 Å². The third-order valence-electron chi connectivity index (χ3n) is 2.10. The molecule has 4 nitrogen and oxygen atoms in total. The van der Waals surface area contributed by atoms with Gasteiger partial charge in [0.1, 0.15) is 0 Å². The Labute approximate surface area is 88.5 Å². The first kappa shape index (κ1) is 11.7. The molecule has 0 aliphatic rings. The van der Waals surface area contributed by atoms with E-state index in [9.17, 15) is 9.18 Å². The van der Waals surface area contributed by atoms with Gasteiger partial charge in [-0.2, -0.15) is 5.10 Å². The second-order valence-corrected chi connectivity index (χ2v) is 3.95. The number of aromatic nitrogens is 2. The zero-order valence-corrected chi connectivity index (χ0v) is 9.25. The highest BCUT2D eigenvalue weighted by Gasteiger charge is 2.11. The average Bonchev–Trinajstić information content (AvgIpc) is 2.46. The molecule has 84 valence electrons. The SMILES string of the molecule is CC(C)CCC(=O)Nc1c(F)cnn1C. The number of carbonyl (C=O) groups excluding carboxylic acids is 1. The van der Waals surface area contributed by atoms with Crippen molar-refractivity contribution < 1.29 is 9.18 Å². The molecule has 1 aromatic heterocycles. The Hall–Kier alpha value is -1.39. The first-order valence-corrected chi connectivity index (χ1v) is 4.98. The molecule has 1 heterocycles. The van der Waals surface area contributed by atoms with Gasteiger partial charge in [-0.1, -0.05) is 13.8 Å². The van der Waals surface area contributed by atoms with Gasteiger partial charge in [-0.05, 0) is 12.3 Å². The fourth-order valence-corrected chi connectivity index (χ4v) is 1.17. The van der Waals surface area contributed by atoms with Crippen molar-refractivity contribution in [2.24, 2.45) is 13.0 Å². The van der Waals surface area contributed by atoms with Crippen LogP contribution in [-0.2, 0) is 11.8 Å². The normalized spacial score (nSPS) is 10.7. The highest BCUT2D eigenvalue weighted by Crippen LogP contribution is 2.12. The monoisotopic (exact) mass is 213 g/mol. The Morgan fingerprint density at radius 3 is 2.80 bits per heavy atom. The zero-order chi connectivity index (χ0) is 11.4. The summed E-state index contributed by atoms with van der Waals surface area (Å²) < 4.78 is 14.4. The van der Waals surface area contributed by atoms with E-state index in [4.69, 9.17) is 0 Å². The van der Waals surface area contributed by atoms with Crippen LogP contribution in [0, 0.1) is 11.7 Å². The van der Waals surface area contributed by atoms with E-state index in [-0.39, 0.29) is 11.7 Å². The Morgan fingerprint density at radius 2 is 2.33 bits per heavy atom. The van der Waals surface area contributed by atoms with E-state index in [2.05, 4.69) is 10.4 Å². The molecule has 0 saturated carbocycles. The number of anilines is 1. The lowest BCUT2D eigenvalue weighted by Gasteiger charge is -2.06. The highest BCUT2D eigenvalue weighted by atomic mass is 19.1. The third-order valence-corrected chi connectivity index (χ3v) is 2.10. The van der Waals surface area contributed by atoms with Crippen LogP contribution in [0.15, 0.2) is 6.20 Å². The number of halogens is 1. The molecule has 15 heavy (non-hydrogen) atoms. The van der Waals surface area contributed by atoms with Crippen LogP contribution in [0.25, 0.3) is 0 Å². The largest absolute Gasteiger partial charge is 0.308 e. The van der Waals surface area contributed by atoms with Crippen LogP contribution in [0.2, 0.25) is 0 Å². The summed E-state index contributed by atoms with van der Waals surface area (Å²) in [5.41, 5.74) is 0. The number of nitrogens with one attached hydrogen (secondary N) is 1. The Kier molecular flexibility index (Phi) is 3.82. The average molecular weight is 213 g/mol. The van der Waals surface area contributed by atoms with Gasteiger partial charge in [0, 0.05) is 13.5 Å². The van der Waals surface area contributed by atoms with E-state index in [0.29, 0.717) is 12.3 Å². The first-order valence-electron chi connectivity index (χ1n) is 4.98. The third kappa shape index (κ3) is 3.34. The molecule has 0 fully saturated rings. The standard InChI is InChI=1S/C10H16FN3O/c1-7(2)4-5-9(15)13-10-8(11)6-12-14(10)3/h6-7H,4-5H2,1-3H3,(H,13,15). The Morgan fingerprint density at radius 1 is 1.67 bits per heavy atom. The fraction of sp³-hybridized carbons (Fsp3) is 0.600. The lowest BCUT2D eigenvalue weighted by molar-refractivity contribution is -0.116. The summed E-state index contributed by atoms with van der Waals surface area (Å²) in [6.45, 7) is 4.08. The maximum Gasteiger partial charge on any atom is 0.225 e. The van der Waals surface area contributed by atoms with Gasteiger partial charge in [-0.15, -0.1) is 0 Å². The summed E-state index contributed by atoms with van der Waals surface area (Å²) >= 11 is 0. The van der Waals surface area contributed by atoms with E-state index < -0.39 is 5.82 Å². The van der Waals surface area contributed by atoms with Crippen molar-refractivity contribution in [3.63, 3.8) is 0 Å². The summed E-state index contributed by atoms with van der Waals surface area (Å²) in [5, 5.41) is 6.19. The van der Waals surface area contributed by atoms with Crippen LogP contribution in [0.5, 0.6) is 0 Å². The predicted molar refractivity (Wildman–Crippen MR) is 55.9 cm³/mol. The molecule has 0 unspecified atom stereocenters. The molecule has 0 spiro atoms. The van der Waals surface area contributed by atoms with Gasteiger partial charge in [-0.3, -0.25) is 4.79 Å². The lowest BCUT2D eigenvalue weighted by atomic mass is 10.1. The van der Waals surface area contributed by atoms with Crippen molar-refractivity contribution in [2.45, 2.75) is 26.7 Å². The van der Waals surface area contributed by atoms with Gasteiger partial charge < -0.3 is 5.32 Å². The first-order chi connectivity index (χ1) is 7.00. The van der Waals surface area contributed by atoms with E-state index in [0.717, 1.165) is 12.6 Å². The van der Waals surface area contributed by atoms with Crippen molar-refractivity contribution in [1.82, 2.24) is 9.78 Å². The van der Waals surface area contributed by atoms with Gasteiger partial charge in [0.25, 0.3) is 0 Å². The van der Waals surface area contributed by atoms with Crippen LogP contribution >= 0.6 is 0 Å². The summed E-state index contributed by atoms with van der Waals surface area (Å²) in [4.78, 5) is 11.4. The van der Waals surface area contributed by atoms with Crippen molar-refractivity contribution in [3.8, 4) is 0 Å². The van der Waals surface area contributed by atoms with Gasteiger partial charge in [0.2, 0.25) is 5.91 Å². The van der Waals surface area contributed by atoms with Crippen molar-refractivity contribution in [3.05, 3.63) is 12.0 Å². The molecule has 0 bridgehead atoms. The molecule has 0 aliphatic heterocycles. The smallest absolute Gasteiger partial charge is 0.225 e. The molecule has 0 aliphatic carbocycles. The number of rotatable bonds is 4. The molecular weight excluding hydrogens is 197 g/mol. The second kappa shape index (κ2) is 4.91. The van der Waals surface area contributed by atoms with Crippen molar-refractivity contribution in [2.75, 3.05) is 5.32 Å². The lowest BCUT2D eigenvalue weighted by Crippen LogP contribution is -2.15. The summed E-state index contributed by atoms with van der Waals surface area (Å²) in [6, 6.07) is 0. The number of aryl methyl sites for hydroxylation is 1. The number of carbonyl (C=O) groups is 1. The summed E-state index contributed by atoms with van der Waals surface area (Å²) in [6.07, 6.45) is 2.28. The summed E-state index contributed by atoms with van der Waals surface area (Å²) in [5.74, 6) is -0.0857. The number of hydrogen-bond donors (Lipinski definition) is 1. The molecule has 1 amide bonds. The van der Waals surface area contributed by atoms with E-state index in [1.54, 1.807) is 7.05 Å². The van der Waals surface area contributed by atoms with Gasteiger partial charge in [0.05, 0.1) is 6.20 Å². The Balaban J connectivity index is 2.51. The van der Waals surface area contributed by atoms with E-state index in [1.807, 2.05) is 13.8 Å². The van der Waals surface area contributed by atoms with E-state index in [1.165, 1.54) is 4.68 Å². The second-order valence-electron chi connectivity index (χ2n) is 3.95. The molecule has 1 N–H and O–H groups in total. The molecule has 0 radical (unpaired) electrons.